The van der Waals surface area contributed by atoms with E-state index in [2.05, 4.69) is 5.32 Å². The monoisotopic (exact) mass is 418 g/mol. The Kier molecular flexibility index (Phi) is 6.82. The van der Waals surface area contributed by atoms with Crippen LogP contribution < -0.4 is 5.32 Å². The topological polar surface area (TPSA) is 75.7 Å². The summed E-state index contributed by atoms with van der Waals surface area (Å²) < 4.78 is 18.1. The number of nitrogens with one attached hydrogen (secondary N) is 1. The standard InChI is InChI=1S/C21H20ClFN2O4/c22-16-3-7-18(8-4-16)24-19(26)13-29-21(28)15-9-11-25(12-10-15)20(27)14-1-5-17(23)6-2-14/h1-8,15H,9-13H2,(H,24,26). The molecular weight excluding hydrogens is 399 g/mol. The van der Waals surface area contributed by atoms with Gasteiger partial charge in [0.15, 0.2) is 6.61 Å². The number of esters is 1. The smallest absolute Gasteiger partial charge is 0.309 e. The van der Waals surface area contributed by atoms with Crippen molar-refractivity contribution in [1.29, 1.82) is 0 Å². The number of amides is 2. The number of anilines is 1. The van der Waals surface area contributed by atoms with Crippen LogP contribution in [0.5, 0.6) is 0 Å². The van der Waals surface area contributed by atoms with Gasteiger partial charge < -0.3 is 15.0 Å². The van der Waals surface area contributed by atoms with Gasteiger partial charge in [0.1, 0.15) is 5.82 Å². The van der Waals surface area contributed by atoms with Crippen LogP contribution in [0.4, 0.5) is 10.1 Å². The number of benzene rings is 2. The van der Waals surface area contributed by atoms with Gasteiger partial charge in [-0.15, -0.1) is 0 Å². The zero-order valence-corrected chi connectivity index (χ0v) is 16.3. The number of ether oxygens (including phenoxy) is 1. The molecule has 0 radical (unpaired) electrons. The van der Waals surface area contributed by atoms with Crippen LogP contribution >= 0.6 is 11.6 Å². The van der Waals surface area contributed by atoms with Crippen LogP contribution in [0.25, 0.3) is 0 Å². The highest BCUT2D eigenvalue weighted by Crippen LogP contribution is 2.21. The Morgan fingerprint density at radius 1 is 1.03 bits per heavy atom. The highest BCUT2D eigenvalue weighted by molar-refractivity contribution is 6.30. The largest absolute Gasteiger partial charge is 0.455 e. The Bertz CT molecular complexity index is 879. The van der Waals surface area contributed by atoms with Crippen molar-refractivity contribution in [1.82, 2.24) is 4.90 Å². The zero-order valence-electron chi connectivity index (χ0n) is 15.6. The van der Waals surface area contributed by atoms with Crippen LogP contribution in [0.1, 0.15) is 23.2 Å². The average molecular weight is 419 g/mol. The molecule has 2 aromatic rings. The van der Waals surface area contributed by atoms with Gasteiger partial charge in [0.2, 0.25) is 0 Å². The van der Waals surface area contributed by atoms with E-state index in [0.29, 0.717) is 42.2 Å². The second-order valence-corrected chi connectivity index (χ2v) is 7.17. The van der Waals surface area contributed by atoms with Crippen LogP contribution in [0, 0.1) is 11.7 Å². The van der Waals surface area contributed by atoms with E-state index in [4.69, 9.17) is 16.3 Å². The average Bonchev–Trinajstić information content (AvgIpc) is 2.74. The minimum absolute atomic E-state index is 0.195. The molecule has 152 valence electrons. The van der Waals surface area contributed by atoms with Crippen molar-refractivity contribution in [2.45, 2.75) is 12.8 Å². The van der Waals surface area contributed by atoms with Crippen molar-refractivity contribution >= 4 is 35.1 Å². The Labute approximate surface area is 172 Å². The van der Waals surface area contributed by atoms with E-state index in [9.17, 15) is 18.8 Å². The number of halogens is 2. The second kappa shape index (κ2) is 9.52. The van der Waals surface area contributed by atoms with Crippen molar-refractivity contribution in [2.24, 2.45) is 5.92 Å². The highest BCUT2D eigenvalue weighted by atomic mass is 35.5. The van der Waals surface area contributed by atoms with Crippen molar-refractivity contribution in [3.05, 3.63) is 64.9 Å². The fourth-order valence-electron chi connectivity index (χ4n) is 3.08. The lowest BCUT2D eigenvalue weighted by atomic mass is 9.96. The van der Waals surface area contributed by atoms with Crippen LogP contribution in [0.3, 0.4) is 0 Å². The first kappa shape index (κ1) is 20.8. The summed E-state index contributed by atoms with van der Waals surface area (Å²) in [6.45, 7) is 0.413. The predicted molar refractivity (Wildman–Crippen MR) is 106 cm³/mol. The SMILES string of the molecule is O=C(COC(=O)C1CCN(C(=O)c2ccc(F)cc2)CC1)Nc1ccc(Cl)cc1. The molecule has 2 aromatic carbocycles. The van der Waals surface area contributed by atoms with E-state index < -0.39 is 17.7 Å². The van der Waals surface area contributed by atoms with Gasteiger partial charge in [-0.3, -0.25) is 14.4 Å². The molecule has 1 aliphatic heterocycles. The highest BCUT2D eigenvalue weighted by Gasteiger charge is 2.29. The first-order valence-electron chi connectivity index (χ1n) is 9.19. The van der Waals surface area contributed by atoms with Gasteiger partial charge in [-0.05, 0) is 61.4 Å². The molecule has 8 heteroatoms. The lowest BCUT2D eigenvalue weighted by Gasteiger charge is -2.31. The number of carbonyl (C=O) groups excluding carboxylic acids is 3. The van der Waals surface area contributed by atoms with E-state index >= 15 is 0 Å². The molecule has 0 bridgehead atoms. The molecular formula is C21H20ClFN2O4. The summed E-state index contributed by atoms with van der Waals surface area (Å²) in [5, 5.41) is 3.17. The van der Waals surface area contributed by atoms with E-state index in [1.165, 1.54) is 24.3 Å². The van der Waals surface area contributed by atoms with Gasteiger partial charge in [0.25, 0.3) is 11.8 Å². The lowest BCUT2D eigenvalue weighted by molar-refractivity contribution is -0.152. The van der Waals surface area contributed by atoms with Crippen molar-refractivity contribution in [3.63, 3.8) is 0 Å². The molecule has 6 nitrogen and oxygen atoms in total. The molecule has 0 atom stereocenters. The maximum Gasteiger partial charge on any atom is 0.309 e. The van der Waals surface area contributed by atoms with Crippen LogP contribution in [-0.4, -0.2) is 42.4 Å². The number of hydrogen-bond acceptors (Lipinski definition) is 4. The van der Waals surface area contributed by atoms with Gasteiger partial charge in [-0.1, -0.05) is 11.6 Å². The summed E-state index contributed by atoms with van der Waals surface area (Å²) in [5.74, 6) is -1.85. The summed E-state index contributed by atoms with van der Waals surface area (Å²) in [7, 11) is 0. The number of nitrogens with zero attached hydrogens (tertiary/aromatic N) is 1. The lowest BCUT2D eigenvalue weighted by Crippen LogP contribution is -2.41. The number of rotatable bonds is 5. The van der Waals surface area contributed by atoms with Crippen molar-refractivity contribution in [3.8, 4) is 0 Å². The Morgan fingerprint density at radius 3 is 2.28 bits per heavy atom. The second-order valence-electron chi connectivity index (χ2n) is 6.74. The molecule has 1 heterocycles. The van der Waals surface area contributed by atoms with Crippen molar-refractivity contribution in [2.75, 3.05) is 25.0 Å². The van der Waals surface area contributed by atoms with Gasteiger partial charge in [0.05, 0.1) is 5.92 Å². The maximum absolute atomic E-state index is 13.0. The summed E-state index contributed by atoms with van der Waals surface area (Å²) in [4.78, 5) is 38.2. The van der Waals surface area contributed by atoms with Crippen LogP contribution in [-0.2, 0) is 14.3 Å². The predicted octanol–water partition coefficient (Wildman–Crippen LogP) is 3.51. The number of carbonyl (C=O) groups is 3. The summed E-state index contributed by atoms with van der Waals surface area (Å²) in [6, 6.07) is 12.0. The molecule has 2 amide bonds. The molecule has 0 saturated carbocycles. The van der Waals surface area contributed by atoms with E-state index in [1.807, 2.05) is 0 Å². The molecule has 0 aromatic heterocycles. The molecule has 0 aliphatic carbocycles. The number of piperidine rings is 1. The van der Waals surface area contributed by atoms with Gasteiger partial charge >= 0.3 is 5.97 Å². The van der Waals surface area contributed by atoms with Crippen molar-refractivity contribution < 1.29 is 23.5 Å². The first-order valence-corrected chi connectivity index (χ1v) is 9.57. The third-order valence-corrected chi connectivity index (χ3v) is 4.93. The van der Waals surface area contributed by atoms with Gasteiger partial charge in [0, 0.05) is 29.4 Å². The third-order valence-electron chi connectivity index (χ3n) is 4.68. The molecule has 1 fully saturated rings. The molecule has 1 N–H and O–H groups in total. The number of hydrogen-bond donors (Lipinski definition) is 1. The Hall–Kier alpha value is -2.93. The first-order chi connectivity index (χ1) is 13.9. The minimum atomic E-state index is -0.454. The molecule has 1 saturated heterocycles. The van der Waals surface area contributed by atoms with E-state index in [-0.39, 0.29) is 18.4 Å². The molecule has 1 aliphatic rings. The Balaban J connectivity index is 1.42. The quantitative estimate of drug-likeness (QED) is 0.754. The fourth-order valence-corrected chi connectivity index (χ4v) is 3.20. The normalized spacial score (nSPS) is 14.3. The summed E-state index contributed by atoms with van der Waals surface area (Å²) >= 11 is 5.79. The van der Waals surface area contributed by atoms with Crippen LogP contribution in [0.2, 0.25) is 5.02 Å². The van der Waals surface area contributed by atoms with Crippen LogP contribution in [0.15, 0.2) is 48.5 Å². The molecule has 3 rings (SSSR count). The third kappa shape index (κ3) is 5.77. The van der Waals surface area contributed by atoms with E-state index in [0.717, 1.165) is 0 Å². The zero-order chi connectivity index (χ0) is 20.8. The molecule has 29 heavy (non-hydrogen) atoms. The van der Waals surface area contributed by atoms with Gasteiger partial charge in [-0.2, -0.15) is 0 Å². The summed E-state index contributed by atoms with van der Waals surface area (Å²) in [6.07, 6.45) is 0.898. The maximum atomic E-state index is 13.0. The van der Waals surface area contributed by atoms with Gasteiger partial charge in [-0.25, -0.2) is 4.39 Å². The molecule has 0 spiro atoms. The Morgan fingerprint density at radius 2 is 1.66 bits per heavy atom. The summed E-state index contributed by atoms with van der Waals surface area (Å²) in [5.41, 5.74) is 0.967. The van der Waals surface area contributed by atoms with E-state index in [1.54, 1.807) is 29.2 Å². The minimum Gasteiger partial charge on any atom is -0.455 e. The fraction of sp³-hybridized carbons (Fsp3) is 0.286. The molecule has 0 unspecified atom stereocenters. The number of likely N-dealkylation sites (tertiary alicyclic amines) is 1.